The van der Waals surface area contributed by atoms with E-state index >= 15 is 0 Å². The lowest BCUT2D eigenvalue weighted by Gasteiger charge is -2.46. The number of anilines is 1. The van der Waals surface area contributed by atoms with Gasteiger partial charge in [-0.25, -0.2) is 14.2 Å². The van der Waals surface area contributed by atoms with Crippen molar-refractivity contribution in [1.29, 1.82) is 0 Å². The van der Waals surface area contributed by atoms with Crippen molar-refractivity contribution in [3.05, 3.63) is 131 Å². The number of amides is 4. The fraction of sp³-hybridized carbons (Fsp3) is 0.244. The molecule has 3 N–H and O–H groups in total. The maximum atomic E-state index is 14.5. The molecule has 2 atom stereocenters. The van der Waals surface area contributed by atoms with Gasteiger partial charge < -0.3 is 20.9 Å². The van der Waals surface area contributed by atoms with Gasteiger partial charge in [0.25, 0.3) is 0 Å². The predicted octanol–water partition coefficient (Wildman–Crippen LogP) is 5.21. The molecule has 0 radical (unpaired) electrons. The number of nitrogen functional groups attached to an aromatic ring is 1. The molecule has 5 aromatic rings. The van der Waals surface area contributed by atoms with E-state index in [1.165, 1.54) is 23.5 Å². The first-order valence-corrected chi connectivity index (χ1v) is 18.5. The number of para-hydroxylation sites is 1. The Bertz CT molecular complexity index is 2250. The number of nitrogens with one attached hydrogen (secondary N) is 1. The third-order valence-electron chi connectivity index (χ3n) is 9.52. The Morgan fingerprint density at radius 2 is 1.72 bits per heavy atom. The average molecular weight is 744 g/mol. The summed E-state index contributed by atoms with van der Waals surface area (Å²) in [5.74, 6) is 4.47. The smallest absolute Gasteiger partial charge is 0.332 e. The van der Waals surface area contributed by atoms with Crippen LogP contribution in [0.4, 0.5) is 14.3 Å². The van der Waals surface area contributed by atoms with Crippen LogP contribution in [0.15, 0.2) is 97.1 Å². The van der Waals surface area contributed by atoms with Gasteiger partial charge in [0.15, 0.2) is 5.13 Å². The first-order valence-electron chi connectivity index (χ1n) is 17.7. The van der Waals surface area contributed by atoms with Crippen molar-refractivity contribution >= 4 is 50.3 Å². The number of benzene rings is 4. The average Bonchev–Trinajstić information content (AvgIpc) is 3.73. The van der Waals surface area contributed by atoms with Gasteiger partial charge >= 0.3 is 6.03 Å². The number of urea groups is 1. The number of carbonyl (C=O) groups excluding carboxylic acids is 4. The lowest BCUT2D eigenvalue weighted by Crippen LogP contribution is -2.66. The van der Waals surface area contributed by atoms with Crippen molar-refractivity contribution in [1.82, 2.24) is 30.1 Å². The fourth-order valence-corrected chi connectivity index (χ4v) is 7.70. The minimum absolute atomic E-state index is 0.0889. The number of fused-ring (bicyclic) bond motifs is 2. The summed E-state index contributed by atoms with van der Waals surface area (Å²) in [5, 5.41) is 6.64. The molecule has 0 bridgehead atoms. The Balaban J connectivity index is 1.16. The van der Waals surface area contributed by atoms with Gasteiger partial charge in [-0.1, -0.05) is 90.9 Å². The monoisotopic (exact) mass is 743 g/mol. The zero-order valence-electron chi connectivity index (χ0n) is 29.6. The third kappa shape index (κ3) is 7.80. The molecule has 0 spiro atoms. The van der Waals surface area contributed by atoms with Crippen LogP contribution in [0.5, 0.6) is 0 Å². The van der Waals surface area contributed by atoms with Crippen LogP contribution in [0.2, 0.25) is 0 Å². The SMILES string of the molecule is CCCN(C(=O)NCc1ccc(F)cc1)N1CC(=O)N2[C@@H](Cc3ccc(C#CC(=O)c4ccccc4)cc3)C(=O)N(Cc3cccc4sc(N)nc34)C[C@@H]21. The normalized spacial score (nSPS) is 16.9. The molecule has 1 aromatic heterocycles. The lowest BCUT2D eigenvalue weighted by atomic mass is 9.99. The summed E-state index contributed by atoms with van der Waals surface area (Å²) in [6.45, 7) is 2.75. The maximum Gasteiger partial charge on any atom is 0.332 e. The molecule has 11 nitrogen and oxygen atoms in total. The Morgan fingerprint density at radius 3 is 2.46 bits per heavy atom. The van der Waals surface area contributed by atoms with Gasteiger partial charge in [-0.2, -0.15) is 5.01 Å². The van der Waals surface area contributed by atoms with E-state index in [1.54, 1.807) is 68.3 Å². The summed E-state index contributed by atoms with van der Waals surface area (Å²) in [7, 11) is 0. The highest BCUT2D eigenvalue weighted by Gasteiger charge is 2.52. The number of aromatic nitrogens is 1. The summed E-state index contributed by atoms with van der Waals surface area (Å²) < 4.78 is 14.4. The molecule has 13 heteroatoms. The zero-order chi connectivity index (χ0) is 37.8. The molecule has 54 heavy (non-hydrogen) atoms. The van der Waals surface area contributed by atoms with E-state index in [2.05, 4.69) is 22.1 Å². The standard InChI is InChI=1S/C41H38FN7O4S/c1-2-21-47(41(53)44-23-29-15-18-32(42)19-16-29)48-26-37(51)49-33(22-28-13-11-27(12-14-28)17-20-34(50)30-7-4-3-5-8-30)39(52)46(25-36(48)49)24-31-9-6-10-35-38(31)45-40(43)54-35/h3-16,18-19,33,36H,2,21-26H2,1H3,(H2,43,45)(H,44,53)/t33-,36+/m0/s1. The van der Waals surface area contributed by atoms with Crippen LogP contribution in [0.25, 0.3) is 10.2 Å². The summed E-state index contributed by atoms with van der Waals surface area (Å²) in [4.78, 5) is 62.5. The van der Waals surface area contributed by atoms with E-state index in [0.29, 0.717) is 29.2 Å². The van der Waals surface area contributed by atoms with Crippen LogP contribution in [0, 0.1) is 17.7 Å². The van der Waals surface area contributed by atoms with Gasteiger partial charge in [-0.05, 0) is 59.4 Å². The maximum absolute atomic E-state index is 14.5. The van der Waals surface area contributed by atoms with Gasteiger partial charge in [-0.15, -0.1) is 0 Å². The van der Waals surface area contributed by atoms with E-state index in [0.717, 1.165) is 26.9 Å². The fourth-order valence-electron chi connectivity index (χ4n) is 6.91. The Morgan fingerprint density at radius 1 is 0.981 bits per heavy atom. The number of nitrogens with zero attached hydrogens (tertiary/aromatic N) is 5. The van der Waals surface area contributed by atoms with E-state index in [1.807, 2.05) is 43.3 Å². The number of hydrogen-bond donors (Lipinski definition) is 2. The molecule has 2 saturated heterocycles. The molecule has 3 heterocycles. The molecule has 2 aliphatic rings. The van der Waals surface area contributed by atoms with Crippen LogP contribution in [-0.2, 0) is 29.1 Å². The first kappa shape index (κ1) is 36.3. The molecular weight excluding hydrogens is 706 g/mol. The molecule has 4 aromatic carbocycles. The van der Waals surface area contributed by atoms with Gasteiger partial charge in [0.1, 0.15) is 18.0 Å². The van der Waals surface area contributed by atoms with Crippen molar-refractivity contribution < 1.29 is 23.6 Å². The van der Waals surface area contributed by atoms with Gasteiger partial charge in [0.05, 0.1) is 23.3 Å². The van der Waals surface area contributed by atoms with Crippen LogP contribution < -0.4 is 11.1 Å². The molecule has 2 aliphatic heterocycles. The predicted molar refractivity (Wildman–Crippen MR) is 204 cm³/mol. The Hall–Kier alpha value is -6.10. The number of thiazole rings is 1. The van der Waals surface area contributed by atoms with Crippen LogP contribution in [0.3, 0.4) is 0 Å². The van der Waals surface area contributed by atoms with Crippen molar-refractivity contribution in [3.63, 3.8) is 0 Å². The van der Waals surface area contributed by atoms with Gasteiger partial charge in [0, 0.05) is 37.2 Å². The van der Waals surface area contributed by atoms with E-state index < -0.39 is 18.2 Å². The van der Waals surface area contributed by atoms with Gasteiger partial charge in [-0.3, -0.25) is 19.4 Å². The number of Topliss-reactive ketones (excluding diaryl/α,β-unsaturated/α-hetero) is 1. The van der Waals surface area contributed by atoms with Crippen molar-refractivity contribution in [2.75, 3.05) is 25.4 Å². The largest absolute Gasteiger partial charge is 0.375 e. The minimum Gasteiger partial charge on any atom is -0.375 e. The molecule has 2 fully saturated rings. The summed E-state index contributed by atoms with van der Waals surface area (Å²) >= 11 is 1.37. The third-order valence-corrected chi connectivity index (χ3v) is 10.4. The lowest BCUT2D eigenvalue weighted by molar-refractivity contribution is -0.157. The van der Waals surface area contributed by atoms with Crippen LogP contribution in [-0.4, -0.2) is 80.3 Å². The molecule has 7 rings (SSSR count). The number of hydrogen-bond acceptors (Lipinski definition) is 8. The molecule has 274 valence electrons. The second-order valence-electron chi connectivity index (χ2n) is 13.2. The van der Waals surface area contributed by atoms with E-state index in [9.17, 15) is 23.6 Å². The summed E-state index contributed by atoms with van der Waals surface area (Å²) in [5.41, 5.74) is 10.3. The molecule has 4 amide bonds. The highest BCUT2D eigenvalue weighted by molar-refractivity contribution is 7.22. The summed E-state index contributed by atoms with van der Waals surface area (Å²) in [6.07, 6.45) is 0.213. The quantitative estimate of drug-likeness (QED) is 0.148. The topological polar surface area (TPSA) is 132 Å². The number of hydrazine groups is 1. The van der Waals surface area contributed by atoms with E-state index in [4.69, 9.17) is 5.73 Å². The molecule has 0 aliphatic carbocycles. The number of rotatable bonds is 10. The van der Waals surface area contributed by atoms with Gasteiger partial charge in [0.2, 0.25) is 17.6 Å². The second-order valence-corrected chi connectivity index (χ2v) is 14.2. The number of piperazine rings is 1. The minimum atomic E-state index is -0.858. The van der Waals surface area contributed by atoms with Crippen molar-refractivity contribution in [2.24, 2.45) is 0 Å². The van der Waals surface area contributed by atoms with E-state index in [-0.39, 0.29) is 56.0 Å². The second kappa shape index (κ2) is 15.9. The number of nitrogens with two attached hydrogens (primary N) is 1. The molecule has 0 saturated carbocycles. The Labute approximate surface area is 316 Å². The molecular formula is C41H38FN7O4S. The highest BCUT2D eigenvalue weighted by Crippen LogP contribution is 2.32. The number of halogens is 1. The van der Waals surface area contributed by atoms with Crippen LogP contribution in [0.1, 0.15) is 46.0 Å². The summed E-state index contributed by atoms with van der Waals surface area (Å²) in [6, 6.07) is 26.5. The molecule has 0 unspecified atom stereocenters. The first-order chi connectivity index (χ1) is 26.2. The zero-order valence-corrected chi connectivity index (χ0v) is 30.4. The number of ketones is 1. The van der Waals surface area contributed by atoms with Crippen molar-refractivity contribution in [2.45, 2.75) is 45.1 Å². The number of carbonyl (C=O) groups is 4. The highest BCUT2D eigenvalue weighted by atomic mass is 32.1. The van der Waals surface area contributed by atoms with Crippen LogP contribution >= 0.6 is 11.3 Å². The Kier molecular flexibility index (Phi) is 10.7. The van der Waals surface area contributed by atoms with Crippen molar-refractivity contribution in [3.8, 4) is 11.8 Å².